The highest BCUT2D eigenvalue weighted by Crippen LogP contribution is 2.38. The number of imide groups is 1. The molecular weight excluding hydrogens is 742 g/mol. The lowest BCUT2D eigenvalue weighted by Crippen LogP contribution is -2.52. The zero-order valence-electron chi connectivity index (χ0n) is 33.1. The Morgan fingerprint density at radius 3 is 2.45 bits per heavy atom. The van der Waals surface area contributed by atoms with Crippen molar-refractivity contribution in [2.75, 3.05) is 45.6 Å². The molecule has 1 atom stereocenters. The summed E-state index contributed by atoms with van der Waals surface area (Å²) in [6, 6.07) is 11.4. The summed E-state index contributed by atoms with van der Waals surface area (Å²) in [5.74, 6) is -1.30. The van der Waals surface area contributed by atoms with Crippen LogP contribution in [0.25, 0.3) is 11.0 Å². The minimum atomic E-state index is -0.732. The fourth-order valence-electron chi connectivity index (χ4n) is 9.08. The first-order chi connectivity index (χ1) is 28.0. The first-order valence-corrected chi connectivity index (χ1v) is 20.5. The van der Waals surface area contributed by atoms with Crippen LogP contribution >= 0.6 is 0 Å². The summed E-state index contributed by atoms with van der Waals surface area (Å²) in [6.45, 7) is 3.37. The molecule has 2 saturated heterocycles. The molecule has 4 aromatic rings. The van der Waals surface area contributed by atoms with Gasteiger partial charge in [-0.05, 0) is 124 Å². The smallest absolute Gasteiger partial charge is 0.270 e. The number of fused-ring (bicyclic) bond motifs is 2. The minimum Gasteiger partial charge on any atom is -0.352 e. The quantitative estimate of drug-likeness (QED) is 0.128. The number of unbranched alkanes of at least 4 members (excludes halogenated alkanes) is 1. The van der Waals surface area contributed by atoms with Gasteiger partial charge in [0.15, 0.2) is 0 Å². The van der Waals surface area contributed by atoms with Gasteiger partial charge < -0.3 is 29.9 Å². The van der Waals surface area contributed by atoms with Crippen LogP contribution in [0.15, 0.2) is 48.7 Å². The Balaban J connectivity index is 0.790. The molecule has 2 aromatic heterocycles. The van der Waals surface area contributed by atoms with Crippen molar-refractivity contribution in [3.8, 4) is 0 Å². The molecule has 1 saturated carbocycles. The maximum Gasteiger partial charge on any atom is 0.270 e. The van der Waals surface area contributed by atoms with Crippen LogP contribution in [0.1, 0.15) is 118 Å². The number of piperidine rings is 2. The van der Waals surface area contributed by atoms with E-state index in [-0.39, 0.29) is 55.0 Å². The second-order valence-corrected chi connectivity index (χ2v) is 16.2. The SMILES string of the molecule is CN(C)C(=O)c1cc2cnc(Nc3ccc(C(=O)NCCCCN4CCC(c5cc(F)cc6c5CN(C5CCC(=O)NC5=O)C6=O)CC4)cc3)nc2n1C1CCCC1. The van der Waals surface area contributed by atoms with Crippen LogP contribution in [0.5, 0.6) is 0 Å². The lowest BCUT2D eigenvalue weighted by atomic mass is 9.85. The fraction of sp³-hybridized carbons (Fsp3) is 0.465. The maximum absolute atomic E-state index is 14.8. The van der Waals surface area contributed by atoms with Crippen molar-refractivity contribution in [2.24, 2.45) is 0 Å². The molecule has 58 heavy (non-hydrogen) atoms. The number of carbonyl (C=O) groups is 5. The summed E-state index contributed by atoms with van der Waals surface area (Å²) in [5, 5.41) is 9.43. The molecule has 2 aromatic carbocycles. The number of nitrogens with zero attached hydrogens (tertiary/aromatic N) is 6. The van der Waals surface area contributed by atoms with Crippen LogP contribution in [-0.2, 0) is 16.1 Å². The van der Waals surface area contributed by atoms with Gasteiger partial charge in [0.25, 0.3) is 17.7 Å². The van der Waals surface area contributed by atoms with Gasteiger partial charge in [-0.15, -0.1) is 0 Å². The van der Waals surface area contributed by atoms with Crippen molar-refractivity contribution in [1.29, 1.82) is 0 Å². The summed E-state index contributed by atoms with van der Waals surface area (Å²) in [5.41, 5.74) is 4.62. The molecule has 0 radical (unpaired) electrons. The van der Waals surface area contributed by atoms with Gasteiger partial charge in [0.1, 0.15) is 23.2 Å². The van der Waals surface area contributed by atoms with E-state index in [0.717, 1.165) is 98.8 Å². The summed E-state index contributed by atoms with van der Waals surface area (Å²) in [7, 11) is 3.51. The number of hydrogen-bond donors (Lipinski definition) is 3. The number of carbonyl (C=O) groups excluding carboxylic acids is 5. The highest BCUT2D eigenvalue weighted by atomic mass is 19.1. The molecule has 5 heterocycles. The molecule has 3 N–H and O–H groups in total. The van der Waals surface area contributed by atoms with Crippen molar-refractivity contribution in [3.63, 3.8) is 0 Å². The predicted octanol–water partition coefficient (Wildman–Crippen LogP) is 5.28. The molecule has 14 nitrogen and oxygen atoms in total. The van der Waals surface area contributed by atoms with Gasteiger partial charge in [-0.1, -0.05) is 12.8 Å². The van der Waals surface area contributed by atoms with Crippen molar-refractivity contribution < 1.29 is 28.4 Å². The van der Waals surface area contributed by atoms with E-state index in [4.69, 9.17) is 4.98 Å². The Kier molecular flexibility index (Phi) is 11.2. The molecule has 0 bridgehead atoms. The normalized spacial score (nSPS) is 19.1. The zero-order chi connectivity index (χ0) is 40.5. The van der Waals surface area contributed by atoms with Crippen molar-refractivity contribution in [1.82, 2.24) is 39.9 Å². The number of aromatic nitrogens is 3. The molecule has 1 aliphatic carbocycles. The van der Waals surface area contributed by atoms with Gasteiger partial charge in [-0.3, -0.25) is 29.3 Å². The van der Waals surface area contributed by atoms with Gasteiger partial charge >= 0.3 is 0 Å². The van der Waals surface area contributed by atoms with Gasteiger partial charge in [0.2, 0.25) is 17.8 Å². The summed E-state index contributed by atoms with van der Waals surface area (Å²) < 4.78 is 16.9. The molecule has 304 valence electrons. The molecule has 3 fully saturated rings. The van der Waals surface area contributed by atoms with Crippen LogP contribution in [-0.4, -0.2) is 105 Å². The molecule has 15 heteroatoms. The van der Waals surface area contributed by atoms with E-state index in [1.54, 1.807) is 43.4 Å². The Hall–Kier alpha value is -5.70. The number of nitrogens with one attached hydrogen (secondary N) is 3. The first-order valence-electron chi connectivity index (χ1n) is 20.5. The monoisotopic (exact) mass is 791 g/mol. The Morgan fingerprint density at radius 2 is 1.72 bits per heavy atom. The first kappa shape index (κ1) is 39.1. The molecule has 0 spiro atoms. The van der Waals surface area contributed by atoms with Gasteiger partial charge in [0, 0.05) is 68.0 Å². The topological polar surface area (TPSA) is 162 Å². The predicted molar refractivity (Wildman–Crippen MR) is 215 cm³/mol. The molecule has 5 amide bonds. The van der Waals surface area contributed by atoms with E-state index in [1.807, 2.05) is 18.2 Å². The van der Waals surface area contributed by atoms with E-state index in [2.05, 4.69) is 30.4 Å². The molecule has 4 aliphatic rings. The average Bonchev–Trinajstić information content (AvgIpc) is 3.96. The standard InChI is InChI=1S/C43H50FN9O5/c1-50(2)42(58)36-21-28-24-46-43(49-38(28)53(36)31-7-3-4-8-31)47-30-11-9-27(10-12-30)39(55)45-17-5-6-18-51-19-15-26(16-20-51)32-22-29(44)23-33-34(32)25-52(41(33)57)35-13-14-37(54)48-40(35)56/h9-12,21-24,26,31,35H,3-8,13-20,25H2,1-2H3,(H,45,55)(H,46,47,49)(H,48,54,56). The van der Waals surface area contributed by atoms with Crippen LogP contribution in [0, 0.1) is 5.82 Å². The van der Waals surface area contributed by atoms with Crippen molar-refractivity contribution in [3.05, 3.63) is 82.4 Å². The molecular formula is C43H50FN9O5. The number of amides is 5. The highest BCUT2D eigenvalue weighted by molar-refractivity contribution is 6.05. The third-order valence-electron chi connectivity index (χ3n) is 12.2. The minimum absolute atomic E-state index is 0.0548. The Morgan fingerprint density at radius 1 is 0.966 bits per heavy atom. The molecule has 8 rings (SSSR count). The summed E-state index contributed by atoms with van der Waals surface area (Å²) >= 11 is 0. The fourth-order valence-corrected chi connectivity index (χ4v) is 9.08. The Bertz CT molecular complexity index is 2240. The third kappa shape index (κ3) is 8.04. The number of likely N-dealkylation sites (tertiary alicyclic amines) is 1. The summed E-state index contributed by atoms with van der Waals surface area (Å²) in [6.07, 6.45) is 9.86. The number of benzene rings is 2. The van der Waals surface area contributed by atoms with Crippen LogP contribution in [0.3, 0.4) is 0 Å². The lowest BCUT2D eigenvalue weighted by Gasteiger charge is -2.33. The number of halogens is 1. The van der Waals surface area contributed by atoms with E-state index in [0.29, 0.717) is 29.3 Å². The van der Waals surface area contributed by atoms with Gasteiger partial charge in [-0.2, -0.15) is 4.98 Å². The second kappa shape index (κ2) is 16.6. The maximum atomic E-state index is 14.8. The van der Waals surface area contributed by atoms with E-state index in [9.17, 15) is 28.4 Å². The summed E-state index contributed by atoms with van der Waals surface area (Å²) in [4.78, 5) is 78.2. The van der Waals surface area contributed by atoms with Crippen LogP contribution in [0.2, 0.25) is 0 Å². The highest BCUT2D eigenvalue weighted by Gasteiger charge is 2.41. The molecule has 3 aliphatic heterocycles. The van der Waals surface area contributed by atoms with Crippen molar-refractivity contribution >= 4 is 52.2 Å². The largest absolute Gasteiger partial charge is 0.352 e. The molecule has 1 unspecified atom stereocenters. The van der Waals surface area contributed by atoms with Crippen molar-refractivity contribution in [2.45, 2.75) is 88.8 Å². The third-order valence-corrected chi connectivity index (χ3v) is 12.2. The van der Waals surface area contributed by atoms with E-state index in [1.165, 1.54) is 11.0 Å². The zero-order valence-corrected chi connectivity index (χ0v) is 33.1. The van der Waals surface area contributed by atoms with Gasteiger partial charge in [0.05, 0.1) is 0 Å². The van der Waals surface area contributed by atoms with Gasteiger partial charge in [-0.25, -0.2) is 9.37 Å². The second-order valence-electron chi connectivity index (χ2n) is 16.2. The number of rotatable bonds is 12. The number of hydrogen-bond acceptors (Lipinski definition) is 9. The van der Waals surface area contributed by atoms with Crippen LogP contribution in [0.4, 0.5) is 16.0 Å². The number of anilines is 2. The average molecular weight is 792 g/mol. The van der Waals surface area contributed by atoms with E-state index < -0.39 is 17.8 Å². The van der Waals surface area contributed by atoms with E-state index >= 15 is 0 Å². The lowest BCUT2D eigenvalue weighted by molar-refractivity contribution is -0.136. The Labute approximate surface area is 336 Å². The van der Waals surface area contributed by atoms with Crippen LogP contribution < -0.4 is 16.0 Å².